The van der Waals surface area contributed by atoms with Crippen LogP contribution in [0.25, 0.3) is 10.9 Å². The maximum absolute atomic E-state index is 13.7. The average molecular weight is 541 g/mol. The highest BCUT2D eigenvalue weighted by Gasteiger charge is 2.48. The topological polar surface area (TPSA) is 102 Å². The minimum absolute atomic E-state index is 0.198. The van der Waals surface area contributed by atoms with Crippen LogP contribution in [0.15, 0.2) is 47.3 Å². The van der Waals surface area contributed by atoms with E-state index in [1.807, 2.05) is 18.2 Å². The van der Waals surface area contributed by atoms with Crippen LogP contribution in [0.4, 0.5) is 5.69 Å². The highest BCUT2D eigenvalue weighted by Crippen LogP contribution is 2.54. The van der Waals surface area contributed by atoms with Gasteiger partial charge in [-0.05, 0) is 92.4 Å². The van der Waals surface area contributed by atoms with Crippen LogP contribution in [0.3, 0.4) is 0 Å². The summed E-state index contributed by atoms with van der Waals surface area (Å²) in [6.07, 6.45) is 7.84. The summed E-state index contributed by atoms with van der Waals surface area (Å²) in [6.45, 7) is 2.93. The molecule has 4 bridgehead atoms. The Morgan fingerprint density at radius 3 is 2.35 bits per heavy atom. The molecule has 0 radical (unpaired) electrons. The van der Waals surface area contributed by atoms with Crippen LogP contribution < -0.4 is 16.2 Å². The summed E-state index contributed by atoms with van der Waals surface area (Å²) in [5.41, 5.74) is 3.26. The molecule has 5 fully saturated rings. The molecule has 3 aromatic rings. The first-order valence-corrected chi connectivity index (χ1v) is 14.7. The highest BCUT2D eigenvalue weighted by atomic mass is 16.5. The van der Waals surface area contributed by atoms with Gasteiger partial charge in [0.2, 0.25) is 11.8 Å². The number of benzene rings is 2. The van der Waals surface area contributed by atoms with Gasteiger partial charge in [0, 0.05) is 18.7 Å². The van der Waals surface area contributed by atoms with Crippen LogP contribution in [0.5, 0.6) is 0 Å². The number of hydrogen-bond acceptors (Lipinski definition) is 6. The number of fused-ring (bicyclic) bond motifs is 1. The van der Waals surface area contributed by atoms with Crippen molar-refractivity contribution in [3.63, 3.8) is 0 Å². The summed E-state index contributed by atoms with van der Waals surface area (Å²) in [5, 5.41) is 6.20. The summed E-state index contributed by atoms with van der Waals surface area (Å²) in [4.78, 5) is 42.4. The first kappa shape index (κ1) is 25.4. The van der Waals surface area contributed by atoms with Gasteiger partial charge in [0.25, 0.3) is 5.56 Å². The van der Waals surface area contributed by atoms with Crippen molar-refractivity contribution in [2.24, 2.45) is 23.7 Å². The molecule has 8 rings (SSSR count). The van der Waals surface area contributed by atoms with Crippen molar-refractivity contribution in [2.45, 2.75) is 77.2 Å². The molecular formula is C32H36N4O4. The van der Waals surface area contributed by atoms with Crippen LogP contribution >= 0.6 is 0 Å². The Bertz CT molecular complexity index is 1500. The van der Waals surface area contributed by atoms with Crippen LogP contribution in [0.1, 0.15) is 67.9 Å². The van der Waals surface area contributed by atoms with E-state index in [0.29, 0.717) is 41.7 Å². The molecule has 4 aliphatic carbocycles. The molecule has 2 aromatic carbocycles. The first-order valence-electron chi connectivity index (χ1n) is 14.7. The Morgan fingerprint density at radius 1 is 0.950 bits per heavy atom. The predicted molar refractivity (Wildman–Crippen MR) is 152 cm³/mol. The van der Waals surface area contributed by atoms with Crippen molar-refractivity contribution in [3.8, 4) is 0 Å². The third-order valence-electron chi connectivity index (χ3n) is 9.72. The molecule has 1 unspecified atom stereocenters. The Morgan fingerprint density at radius 2 is 1.65 bits per heavy atom. The maximum atomic E-state index is 13.7. The zero-order valence-corrected chi connectivity index (χ0v) is 22.9. The number of imide groups is 1. The molecule has 2 amide bonds. The summed E-state index contributed by atoms with van der Waals surface area (Å²) >= 11 is 0. The molecule has 0 spiro atoms. The van der Waals surface area contributed by atoms with Crippen LogP contribution in [-0.4, -0.2) is 27.5 Å². The van der Waals surface area contributed by atoms with Gasteiger partial charge in [-0.2, -0.15) is 0 Å². The van der Waals surface area contributed by atoms with E-state index in [0.717, 1.165) is 29.2 Å². The fourth-order valence-electron chi connectivity index (χ4n) is 8.09. The number of amides is 2. The number of nitrogens with zero attached hydrogens (tertiary/aromatic N) is 2. The minimum Gasteiger partial charge on any atom is -0.380 e. The van der Waals surface area contributed by atoms with Gasteiger partial charge in [0.15, 0.2) is 0 Å². The predicted octanol–water partition coefficient (Wildman–Crippen LogP) is 4.64. The lowest BCUT2D eigenvalue weighted by Crippen LogP contribution is -2.49. The van der Waals surface area contributed by atoms with E-state index in [1.165, 1.54) is 42.2 Å². The molecule has 1 saturated heterocycles. The molecule has 8 nitrogen and oxygen atoms in total. The molecule has 5 aliphatic rings. The van der Waals surface area contributed by atoms with Crippen LogP contribution in [0, 0.1) is 30.6 Å². The monoisotopic (exact) mass is 540 g/mol. The lowest BCUT2D eigenvalue weighted by molar-refractivity contribution is -0.135. The fourth-order valence-corrected chi connectivity index (χ4v) is 8.09. The fraction of sp³-hybridized carbons (Fsp3) is 0.500. The number of nitrogens with one attached hydrogen (secondary N) is 2. The Labute approximate surface area is 233 Å². The Balaban J connectivity index is 1.04. The molecule has 8 heteroatoms. The second-order valence-electron chi connectivity index (χ2n) is 12.4. The summed E-state index contributed by atoms with van der Waals surface area (Å²) in [5.74, 6) is 3.12. The zero-order valence-electron chi connectivity index (χ0n) is 22.9. The molecule has 2 heterocycles. The number of aryl methyl sites for hydroxylation is 1. The second-order valence-corrected chi connectivity index (χ2v) is 12.4. The summed E-state index contributed by atoms with van der Waals surface area (Å²) in [6, 6.07) is 13.3. The number of carbonyl (C=O) groups is 2. The third kappa shape index (κ3) is 4.62. The molecule has 2 N–H and O–H groups in total. The van der Waals surface area contributed by atoms with E-state index in [1.54, 1.807) is 6.92 Å². The van der Waals surface area contributed by atoms with E-state index < -0.39 is 11.9 Å². The highest BCUT2D eigenvalue weighted by molar-refractivity contribution is 5.99. The van der Waals surface area contributed by atoms with E-state index >= 15 is 0 Å². The van der Waals surface area contributed by atoms with Crippen molar-refractivity contribution in [3.05, 3.63) is 69.8 Å². The number of rotatable bonds is 7. The number of hydrogen-bond donors (Lipinski definition) is 2. The Kier molecular flexibility index (Phi) is 6.45. The summed E-state index contributed by atoms with van der Waals surface area (Å²) < 4.78 is 7.94. The second kappa shape index (κ2) is 10.1. The standard InChI is InChI=1S/C32H36N4O4/c1-18-34-26-4-2-3-25(29(26)32(39)36(18)27-9-10-28(37)35-31(27)38)33-16-19-5-7-20(8-6-19)17-40-30-23-12-21-11-22(14-23)15-24(30)13-21/h2-8,21-24,27,30,33H,9-17H2,1H3,(H,35,37,38). The molecular weight excluding hydrogens is 504 g/mol. The number of carbonyl (C=O) groups excluding carboxylic acids is 2. The zero-order chi connectivity index (χ0) is 27.4. The third-order valence-corrected chi connectivity index (χ3v) is 9.72. The Hall–Kier alpha value is -3.52. The number of aromatic nitrogens is 2. The quantitative estimate of drug-likeness (QED) is 0.424. The normalized spacial score (nSPS) is 29.1. The lowest BCUT2D eigenvalue weighted by atomic mass is 9.55. The smallest absolute Gasteiger partial charge is 0.264 e. The van der Waals surface area contributed by atoms with Gasteiger partial charge < -0.3 is 10.1 Å². The van der Waals surface area contributed by atoms with Crippen molar-refractivity contribution >= 4 is 28.4 Å². The minimum atomic E-state index is -0.746. The number of ether oxygens (including phenoxy) is 1. The first-order chi connectivity index (χ1) is 19.4. The average Bonchev–Trinajstić information content (AvgIpc) is 2.92. The molecule has 208 valence electrons. The van der Waals surface area contributed by atoms with Crippen molar-refractivity contribution in [2.75, 3.05) is 5.32 Å². The van der Waals surface area contributed by atoms with Gasteiger partial charge in [-0.15, -0.1) is 0 Å². The number of anilines is 1. The van der Waals surface area contributed by atoms with Gasteiger partial charge in [0.1, 0.15) is 11.9 Å². The SMILES string of the molecule is Cc1nc2cccc(NCc3ccc(COC4C5CC6CC(C5)CC4C6)cc3)c2c(=O)n1C1CCC(=O)NC1=O. The van der Waals surface area contributed by atoms with E-state index in [2.05, 4.69) is 39.9 Å². The van der Waals surface area contributed by atoms with E-state index in [4.69, 9.17) is 4.74 Å². The lowest BCUT2D eigenvalue weighted by Gasteiger charge is -2.54. The van der Waals surface area contributed by atoms with Crippen molar-refractivity contribution in [1.29, 1.82) is 0 Å². The van der Waals surface area contributed by atoms with E-state index in [-0.39, 0.29) is 24.3 Å². The van der Waals surface area contributed by atoms with Crippen LogP contribution in [-0.2, 0) is 27.5 Å². The number of piperidine rings is 1. The molecule has 1 aliphatic heterocycles. The molecule has 40 heavy (non-hydrogen) atoms. The van der Waals surface area contributed by atoms with Crippen molar-refractivity contribution in [1.82, 2.24) is 14.9 Å². The molecule has 1 atom stereocenters. The van der Waals surface area contributed by atoms with Crippen molar-refractivity contribution < 1.29 is 14.3 Å². The van der Waals surface area contributed by atoms with Gasteiger partial charge in [-0.25, -0.2) is 4.98 Å². The van der Waals surface area contributed by atoms with Gasteiger partial charge in [0.05, 0.1) is 23.6 Å². The van der Waals surface area contributed by atoms with Crippen LogP contribution in [0.2, 0.25) is 0 Å². The van der Waals surface area contributed by atoms with Gasteiger partial charge in [-0.3, -0.25) is 24.3 Å². The van der Waals surface area contributed by atoms with E-state index in [9.17, 15) is 14.4 Å². The maximum Gasteiger partial charge on any atom is 0.264 e. The molecule has 4 saturated carbocycles. The summed E-state index contributed by atoms with van der Waals surface area (Å²) in [7, 11) is 0. The molecule has 1 aromatic heterocycles. The van der Waals surface area contributed by atoms with Gasteiger partial charge >= 0.3 is 0 Å². The van der Waals surface area contributed by atoms with Gasteiger partial charge in [-0.1, -0.05) is 30.3 Å². The largest absolute Gasteiger partial charge is 0.380 e.